The first-order chi connectivity index (χ1) is 27.5. The molecule has 6 rings (SSSR count). The number of allylic oxidation sites excluding steroid dienone is 1. The Hall–Kier alpha value is -4.59. The highest BCUT2D eigenvalue weighted by Crippen LogP contribution is 2.43. The van der Waals surface area contributed by atoms with Crippen LogP contribution in [0.15, 0.2) is 36.4 Å². The van der Waals surface area contributed by atoms with Crippen molar-refractivity contribution in [3.63, 3.8) is 0 Å². The van der Waals surface area contributed by atoms with Crippen molar-refractivity contribution in [2.24, 2.45) is 11.3 Å². The topological polar surface area (TPSA) is 195 Å². The number of alkyl halides is 4. The lowest BCUT2D eigenvalue weighted by Gasteiger charge is -2.38. The molecular weight excluding hydrogens is 805 g/mol. The number of hydrogen-bond donors (Lipinski definition) is 3. The average molecular weight is 855 g/mol. The summed E-state index contributed by atoms with van der Waals surface area (Å²) in [6.07, 6.45) is -3.72. The van der Waals surface area contributed by atoms with Crippen LogP contribution in [0.1, 0.15) is 85.8 Å². The van der Waals surface area contributed by atoms with Crippen LogP contribution in [0.5, 0.6) is 5.88 Å². The number of rotatable bonds is 7. The summed E-state index contributed by atoms with van der Waals surface area (Å²) in [6.45, 7) is 7.48. The standard InChI is InChI=1S/C39H50F4N6O9S/c1-21(30(40)41)38(6,34(52)48-59(54,55)37(5)16-17-37)47-31(50)25-19-22-20-49(25)33(51)29(36(2,3)4)46-35(53)58-27-14-9-13-26(27)56-18-10-15-39(42,43)28-32(57-22)45-24-12-8-7-11-23(24)44-28/h7-8,10-12,15,21-22,25-27,29-30H,9,13-14,16-20H2,1-6H3,(H,46,53)(H,47,50)(H,48,52)/b15-10+/t21-,22+,25-,26+,27+,29+,38+/m0/s1. The molecule has 3 N–H and O–H groups in total. The van der Waals surface area contributed by atoms with Gasteiger partial charge in [-0.15, -0.1) is 0 Å². The molecule has 1 saturated heterocycles. The van der Waals surface area contributed by atoms with Crippen LogP contribution in [0, 0.1) is 11.3 Å². The molecule has 2 bridgehead atoms. The van der Waals surface area contributed by atoms with Crippen molar-refractivity contribution in [2.75, 3.05) is 13.2 Å². The van der Waals surface area contributed by atoms with E-state index in [1.54, 1.807) is 32.9 Å². The number of ether oxygens (including phenoxy) is 3. The smallest absolute Gasteiger partial charge is 0.408 e. The lowest BCUT2D eigenvalue weighted by Crippen LogP contribution is -2.66. The highest BCUT2D eigenvalue weighted by Gasteiger charge is 2.55. The van der Waals surface area contributed by atoms with E-state index in [0.717, 1.165) is 24.8 Å². The zero-order valence-corrected chi connectivity index (χ0v) is 34.4. The number of hydrogen-bond acceptors (Lipinski definition) is 11. The van der Waals surface area contributed by atoms with Crippen molar-refractivity contribution < 1.29 is 59.4 Å². The molecule has 3 heterocycles. The molecule has 1 aromatic carbocycles. The molecule has 2 aromatic rings. The summed E-state index contributed by atoms with van der Waals surface area (Å²) in [5, 5.41) is 4.92. The third-order valence-electron chi connectivity index (χ3n) is 11.7. The SMILES string of the molecule is C[C@@H](C(F)F)[C@@](C)(NC(=O)[C@@H]1C[C@@H]2CN1C(=O)[C@H](C(C)(C)C)NC(=O)O[C@@H]1CCC[C@H]1OC/C=C/C(F)(F)c1nc3ccccc3nc1O2)C(=O)NS(=O)(=O)C1(C)CC1. The second kappa shape index (κ2) is 16.1. The second-order valence-corrected chi connectivity index (χ2v) is 19.5. The summed E-state index contributed by atoms with van der Waals surface area (Å²) < 4.78 is 105. The van der Waals surface area contributed by atoms with E-state index >= 15 is 8.78 Å². The first-order valence-corrected chi connectivity index (χ1v) is 21.0. The number of halogens is 4. The molecular formula is C39H50F4N6O9S. The molecule has 4 amide bonds. The zero-order valence-electron chi connectivity index (χ0n) is 33.6. The van der Waals surface area contributed by atoms with Crippen LogP contribution in [0.25, 0.3) is 11.0 Å². The monoisotopic (exact) mass is 854 g/mol. The van der Waals surface area contributed by atoms with Crippen LogP contribution < -0.4 is 20.1 Å². The van der Waals surface area contributed by atoms with E-state index < -0.39 is 123 Å². The Morgan fingerprint density at radius 3 is 2.29 bits per heavy atom. The van der Waals surface area contributed by atoms with Gasteiger partial charge < -0.3 is 29.7 Å². The summed E-state index contributed by atoms with van der Waals surface area (Å²) in [5.41, 5.74) is -4.16. The number of nitrogens with zero attached hydrogens (tertiary/aromatic N) is 3. The molecule has 20 heteroatoms. The lowest BCUT2D eigenvalue weighted by atomic mass is 9.85. The zero-order chi connectivity index (χ0) is 43.3. The van der Waals surface area contributed by atoms with Gasteiger partial charge in [0.05, 0.1) is 35.0 Å². The van der Waals surface area contributed by atoms with Gasteiger partial charge in [-0.2, -0.15) is 8.78 Å². The maximum Gasteiger partial charge on any atom is 0.408 e. The molecule has 0 spiro atoms. The second-order valence-electron chi connectivity index (χ2n) is 17.3. The van der Waals surface area contributed by atoms with Gasteiger partial charge in [-0.1, -0.05) is 45.9 Å². The van der Waals surface area contributed by atoms with Crippen LogP contribution in [-0.2, 0) is 39.8 Å². The third kappa shape index (κ3) is 9.12. The summed E-state index contributed by atoms with van der Waals surface area (Å²) in [5.74, 6) is -9.79. The van der Waals surface area contributed by atoms with E-state index in [9.17, 15) is 36.4 Å². The van der Waals surface area contributed by atoms with Crippen LogP contribution in [0.3, 0.4) is 0 Å². The molecule has 15 nitrogen and oxygen atoms in total. The number of benzene rings is 1. The van der Waals surface area contributed by atoms with Gasteiger partial charge in [0.25, 0.3) is 5.91 Å². The molecule has 2 saturated carbocycles. The van der Waals surface area contributed by atoms with E-state index in [1.165, 1.54) is 19.1 Å². The number of carbonyl (C=O) groups is 4. The molecule has 2 aliphatic heterocycles. The Bertz CT molecular complexity index is 2110. The Morgan fingerprint density at radius 2 is 1.66 bits per heavy atom. The average Bonchev–Trinajstić information content (AvgIpc) is 3.56. The minimum Gasteiger partial charge on any atom is -0.471 e. The maximum atomic E-state index is 16.1. The molecule has 3 fully saturated rings. The fourth-order valence-electron chi connectivity index (χ4n) is 7.36. The Morgan fingerprint density at radius 1 is 1.02 bits per heavy atom. The van der Waals surface area contributed by atoms with Crippen molar-refractivity contribution in [1.82, 2.24) is 30.2 Å². The Labute approximate surface area is 339 Å². The number of amides is 4. The normalized spacial score (nSPS) is 28.1. The molecule has 1 aromatic heterocycles. The van der Waals surface area contributed by atoms with Crippen molar-refractivity contribution in [2.45, 2.75) is 133 Å². The Balaban J connectivity index is 1.41. The predicted octanol–water partition coefficient (Wildman–Crippen LogP) is 4.49. The Kier molecular flexibility index (Phi) is 12.0. The minimum absolute atomic E-state index is 0.125. The van der Waals surface area contributed by atoms with Gasteiger partial charge in [0, 0.05) is 12.3 Å². The maximum absolute atomic E-state index is 16.1. The van der Waals surface area contributed by atoms with Crippen molar-refractivity contribution in [1.29, 1.82) is 0 Å². The first-order valence-electron chi connectivity index (χ1n) is 19.5. The van der Waals surface area contributed by atoms with Crippen LogP contribution in [-0.4, -0.2) is 107 Å². The number of fused-ring (bicyclic) bond motifs is 5. The van der Waals surface area contributed by atoms with Gasteiger partial charge >= 0.3 is 12.0 Å². The van der Waals surface area contributed by atoms with Crippen molar-refractivity contribution in [3.8, 4) is 5.88 Å². The molecule has 0 radical (unpaired) electrons. The van der Waals surface area contributed by atoms with Gasteiger partial charge in [0.1, 0.15) is 29.8 Å². The van der Waals surface area contributed by atoms with Crippen LogP contribution >= 0.6 is 0 Å². The quantitative estimate of drug-likeness (QED) is 0.262. The minimum atomic E-state index is -4.35. The molecule has 324 valence electrons. The number of carbonyl (C=O) groups excluding carboxylic acids is 4. The number of sulfonamides is 1. The number of para-hydroxylation sites is 2. The number of alkyl carbamates (subject to hydrolysis) is 1. The molecule has 7 atom stereocenters. The molecule has 2 aliphatic carbocycles. The summed E-state index contributed by atoms with van der Waals surface area (Å²) >= 11 is 0. The van der Waals surface area contributed by atoms with Gasteiger partial charge in [-0.25, -0.2) is 32.0 Å². The van der Waals surface area contributed by atoms with Gasteiger partial charge in [0.15, 0.2) is 5.69 Å². The molecule has 59 heavy (non-hydrogen) atoms. The van der Waals surface area contributed by atoms with Gasteiger partial charge in [-0.05, 0) is 69.6 Å². The van der Waals surface area contributed by atoms with Crippen molar-refractivity contribution in [3.05, 3.63) is 42.1 Å². The summed E-state index contributed by atoms with van der Waals surface area (Å²) in [7, 11) is -4.35. The molecule has 4 aliphatic rings. The lowest BCUT2D eigenvalue weighted by molar-refractivity contribution is -0.145. The van der Waals surface area contributed by atoms with Crippen LogP contribution in [0.2, 0.25) is 0 Å². The van der Waals surface area contributed by atoms with E-state index in [-0.39, 0.29) is 30.5 Å². The van der Waals surface area contributed by atoms with E-state index in [4.69, 9.17) is 14.2 Å². The van der Waals surface area contributed by atoms with Crippen molar-refractivity contribution >= 4 is 44.9 Å². The van der Waals surface area contributed by atoms with E-state index in [2.05, 4.69) is 20.6 Å². The fourth-order valence-corrected chi connectivity index (χ4v) is 8.70. The molecule has 0 unspecified atom stereocenters. The predicted molar refractivity (Wildman–Crippen MR) is 204 cm³/mol. The van der Waals surface area contributed by atoms with Crippen LogP contribution in [0.4, 0.5) is 22.4 Å². The summed E-state index contributed by atoms with van der Waals surface area (Å²) in [6, 6.07) is 3.20. The van der Waals surface area contributed by atoms with E-state index in [1.807, 2.05) is 4.72 Å². The first kappa shape index (κ1) is 44.0. The van der Waals surface area contributed by atoms with Gasteiger partial charge in [-0.3, -0.25) is 19.1 Å². The third-order valence-corrected chi connectivity index (χ3v) is 13.9. The van der Waals surface area contributed by atoms with E-state index in [0.29, 0.717) is 25.3 Å². The largest absolute Gasteiger partial charge is 0.471 e. The van der Waals surface area contributed by atoms with Gasteiger partial charge in [0.2, 0.25) is 34.1 Å². The fraction of sp³-hybridized carbons (Fsp3) is 0.641. The summed E-state index contributed by atoms with van der Waals surface area (Å²) in [4.78, 5) is 65.7. The highest BCUT2D eigenvalue weighted by atomic mass is 32.2. The number of aromatic nitrogens is 2. The highest BCUT2D eigenvalue weighted by molar-refractivity contribution is 7.91. The number of nitrogens with one attached hydrogen (secondary N) is 3.